The fourth-order valence-corrected chi connectivity index (χ4v) is 5.38. The molecule has 0 atom stereocenters. The quantitative estimate of drug-likeness (QED) is 0.453. The van der Waals surface area contributed by atoms with Gasteiger partial charge in [0.05, 0.1) is 10.2 Å². The molecule has 27 heavy (non-hydrogen) atoms. The molecule has 0 aliphatic carbocycles. The van der Waals surface area contributed by atoms with Gasteiger partial charge in [0.1, 0.15) is 0 Å². The van der Waals surface area contributed by atoms with Gasteiger partial charge in [-0.1, -0.05) is 42.1 Å². The SMILES string of the molecule is O=C(CCCSc1nc2ccccc2s1)N1CCN(c2ccccc2)CC1. The van der Waals surface area contributed by atoms with E-state index in [0.29, 0.717) is 6.42 Å². The molecule has 0 N–H and O–H groups in total. The first kappa shape index (κ1) is 18.3. The predicted molar refractivity (Wildman–Crippen MR) is 115 cm³/mol. The summed E-state index contributed by atoms with van der Waals surface area (Å²) in [5, 5.41) is 0. The molecule has 6 heteroatoms. The van der Waals surface area contributed by atoms with Gasteiger partial charge in [0.25, 0.3) is 0 Å². The van der Waals surface area contributed by atoms with Crippen molar-refractivity contribution in [2.45, 2.75) is 17.2 Å². The Bertz CT molecular complexity index is 856. The van der Waals surface area contributed by atoms with E-state index in [-0.39, 0.29) is 5.91 Å². The third kappa shape index (κ3) is 4.62. The van der Waals surface area contributed by atoms with Crippen LogP contribution >= 0.6 is 23.1 Å². The molecule has 1 amide bonds. The van der Waals surface area contributed by atoms with Crippen molar-refractivity contribution in [2.75, 3.05) is 36.8 Å². The number of carbonyl (C=O) groups is 1. The lowest BCUT2D eigenvalue weighted by atomic mass is 10.2. The topological polar surface area (TPSA) is 36.4 Å². The van der Waals surface area contributed by atoms with Crippen LogP contribution in [-0.2, 0) is 4.79 Å². The molecular formula is C21H23N3OS2. The van der Waals surface area contributed by atoms with Gasteiger partial charge < -0.3 is 9.80 Å². The summed E-state index contributed by atoms with van der Waals surface area (Å²) in [6.07, 6.45) is 1.53. The highest BCUT2D eigenvalue weighted by molar-refractivity contribution is 8.01. The number of thiazole rings is 1. The second-order valence-corrected chi connectivity index (χ2v) is 8.98. The summed E-state index contributed by atoms with van der Waals surface area (Å²) in [4.78, 5) is 21.5. The second-order valence-electron chi connectivity index (χ2n) is 6.60. The van der Waals surface area contributed by atoms with Gasteiger partial charge in [0, 0.05) is 44.0 Å². The molecule has 140 valence electrons. The molecule has 0 saturated carbocycles. The number of hydrogen-bond donors (Lipinski definition) is 0. The fourth-order valence-electron chi connectivity index (χ4n) is 3.31. The molecule has 4 nitrogen and oxygen atoms in total. The van der Waals surface area contributed by atoms with Crippen molar-refractivity contribution < 1.29 is 4.79 Å². The van der Waals surface area contributed by atoms with Gasteiger partial charge in [0.2, 0.25) is 5.91 Å². The van der Waals surface area contributed by atoms with Gasteiger partial charge in [-0.05, 0) is 30.7 Å². The zero-order valence-electron chi connectivity index (χ0n) is 15.2. The molecule has 2 aromatic carbocycles. The van der Waals surface area contributed by atoms with E-state index in [1.54, 1.807) is 23.1 Å². The lowest BCUT2D eigenvalue weighted by Gasteiger charge is -2.36. The minimum atomic E-state index is 0.285. The first-order chi connectivity index (χ1) is 13.3. The van der Waals surface area contributed by atoms with E-state index in [9.17, 15) is 4.79 Å². The number of aromatic nitrogens is 1. The average molecular weight is 398 g/mol. The van der Waals surface area contributed by atoms with Crippen molar-refractivity contribution in [2.24, 2.45) is 0 Å². The van der Waals surface area contributed by atoms with Crippen molar-refractivity contribution >= 4 is 44.9 Å². The Morgan fingerprint density at radius 3 is 2.52 bits per heavy atom. The lowest BCUT2D eigenvalue weighted by molar-refractivity contribution is -0.131. The van der Waals surface area contributed by atoms with Crippen LogP contribution < -0.4 is 4.90 Å². The second kappa shape index (κ2) is 8.76. The molecule has 1 aromatic heterocycles. The summed E-state index contributed by atoms with van der Waals surface area (Å²) in [6, 6.07) is 18.7. The molecule has 0 bridgehead atoms. The van der Waals surface area contributed by atoms with Crippen molar-refractivity contribution in [1.82, 2.24) is 9.88 Å². The van der Waals surface area contributed by atoms with E-state index in [1.165, 1.54) is 10.4 Å². The summed E-state index contributed by atoms with van der Waals surface area (Å²) in [5.41, 5.74) is 2.31. The van der Waals surface area contributed by atoms with E-state index in [0.717, 1.165) is 48.2 Å². The van der Waals surface area contributed by atoms with Crippen LogP contribution in [0.4, 0.5) is 5.69 Å². The van der Waals surface area contributed by atoms with Gasteiger partial charge in [-0.3, -0.25) is 4.79 Å². The normalized spacial score (nSPS) is 14.7. The Morgan fingerprint density at radius 1 is 1.00 bits per heavy atom. The number of piperazine rings is 1. The summed E-state index contributed by atoms with van der Waals surface area (Å²) in [6.45, 7) is 3.46. The third-order valence-electron chi connectivity index (χ3n) is 4.79. The number of nitrogens with zero attached hydrogens (tertiary/aromatic N) is 3. The Hall–Kier alpha value is -2.05. The molecule has 0 unspecified atom stereocenters. The average Bonchev–Trinajstić information content (AvgIpc) is 3.15. The Balaban J connectivity index is 1.19. The third-order valence-corrected chi connectivity index (χ3v) is 7.05. The number of amides is 1. The van der Waals surface area contributed by atoms with E-state index in [2.05, 4.69) is 46.3 Å². The molecule has 1 fully saturated rings. The molecule has 0 radical (unpaired) electrons. The largest absolute Gasteiger partial charge is 0.368 e. The number of benzene rings is 2. The number of fused-ring (bicyclic) bond motifs is 1. The van der Waals surface area contributed by atoms with Crippen LogP contribution in [0, 0.1) is 0 Å². The zero-order valence-corrected chi connectivity index (χ0v) is 16.8. The van der Waals surface area contributed by atoms with E-state index >= 15 is 0 Å². The highest BCUT2D eigenvalue weighted by atomic mass is 32.2. The minimum Gasteiger partial charge on any atom is -0.368 e. The molecule has 1 saturated heterocycles. The molecule has 4 rings (SSSR count). The van der Waals surface area contributed by atoms with Gasteiger partial charge in [-0.2, -0.15) is 0 Å². The molecule has 3 aromatic rings. The smallest absolute Gasteiger partial charge is 0.222 e. The summed E-state index contributed by atoms with van der Waals surface area (Å²) in [7, 11) is 0. The number of rotatable bonds is 6. The summed E-state index contributed by atoms with van der Waals surface area (Å²) in [5.74, 6) is 1.22. The maximum absolute atomic E-state index is 12.5. The van der Waals surface area contributed by atoms with Crippen LogP contribution in [0.15, 0.2) is 58.9 Å². The molecule has 0 spiro atoms. The number of para-hydroxylation sites is 2. The Labute approximate surface area is 168 Å². The van der Waals surface area contributed by atoms with Crippen molar-refractivity contribution in [3.63, 3.8) is 0 Å². The number of anilines is 1. The predicted octanol–water partition coefficient (Wildman–Crippen LogP) is 4.52. The van der Waals surface area contributed by atoms with E-state index in [1.807, 2.05) is 23.1 Å². The van der Waals surface area contributed by atoms with E-state index < -0.39 is 0 Å². The van der Waals surface area contributed by atoms with Gasteiger partial charge in [-0.15, -0.1) is 11.3 Å². The Kier molecular flexibility index (Phi) is 5.94. The van der Waals surface area contributed by atoms with Crippen LogP contribution in [0.1, 0.15) is 12.8 Å². The van der Waals surface area contributed by atoms with Crippen LogP contribution in [0.3, 0.4) is 0 Å². The van der Waals surface area contributed by atoms with Crippen LogP contribution in [0.2, 0.25) is 0 Å². The highest BCUT2D eigenvalue weighted by Gasteiger charge is 2.20. The van der Waals surface area contributed by atoms with Crippen LogP contribution in [0.25, 0.3) is 10.2 Å². The van der Waals surface area contributed by atoms with E-state index in [4.69, 9.17) is 0 Å². The fraction of sp³-hybridized carbons (Fsp3) is 0.333. The number of thioether (sulfide) groups is 1. The molecule has 1 aliphatic heterocycles. The van der Waals surface area contributed by atoms with Gasteiger partial charge >= 0.3 is 0 Å². The first-order valence-corrected chi connectivity index (χ1v) is 11.2. The van der Waals surface area contributed by atoms with Crippen LogP contribution in [-0.4, -0.2) is 47.7 Å². The molecular weight excluding hydrogens is 374 g/mol. The van der Waals surface area contributed by atoms with Crippen molar-refractivity contribution in [3.8, 4) is 0 Å². The Morgan fingerprint density at radius 2 is 1.74 bits per heavy atom. The van der Waals surface area contributed by atoms with Gasteiger partial charge in [-0.25, -0.2) is 4.98 Å². The summed E-state index contributed by atoms with van der Waals surface area (Å²) >= 11 is 3.49. The van der Waals surface area contributed by atoms with Crippen LogP contribution in [0.5, 0.6) is 0 Å². The highest BCUT2D eigenvalue weighted by Crippen LogP contribution is 2.29. The van der Waals surface area contributed by atoms with Gasteiger partial charge in [0.15, 0.2) is 4.34 Å². The lowest BCUT2D eigenvalue weighted by Crippen LogP contribution is -2.48. The minimum absolute atomic E-state index is 0.285. The van der Waals surface area contributed by atoms with Crippen molar-refractivity contribution in [3.05, 3.63) is 54.6 Å². The summed E-state index contributed by atoms with van der Waals surface area (Å²) < 4.78 is 2.33. The standard InChI is InChI=1S/C21H23N3OS2/c25-20(24-14-12-23(13-15-24)17-7-2-1-3-8-17)11-6-16-26-21-22-18-9-4-5-10-19(18)27-21/h1-5,7-10H,6,11-16H2. The number of carbonyl (C=O) groups excluding carboxylic acids is 1. The molecule has 1 aliphatic rings. The monoisotopic (exact) mass is 397 g/mol. The van der Waals surface area contributed by atoms with Crippen molar-refractivity contribution in [1.29, 1.82) is 0 Å². The molecule has 2 heterocycles. The first-order valence-electron chi connectivity index (χ1n) is 9.36. The number of hydrogen-bond acceptors (Lipinski definition) is 5. The zero-order chi connectivity index (χ0) is 18.5. The maximum Gasteiger partial charge on any atom is 0.222 e. The maximum atomic E-state index is 12.5.